The van der Waals surface area contributed by atoms with Crippen molar-refractivity contribution >= 4 is 23.1 Å². The predicted octanol–water partition coefficient (Wildman–Crippen LogP) is 1.17. The number of rotatable bonds is 4. The summed E-state index contributed by atoms with van der Waals surface area (Å²) in [5.74, 6) is 0.292. The first-order chi connectivity index (χ1) is 6.94. The lowest BCUT2D eigenvalue weighted by atomic mass is 10.1. The third kappa shape index (κ3) is 4.06. The molecule has 0 heterocycles. The molecular weight excluding hydrogens is 241 g/mol. The summed E-state index contributed by atoms with van der Waals surface area (Å²) in [5, 5.41) is 0. The maximum atomic E-state index is 12.2. The zero-order chi connectivity index (χ0) is 11.5. The van der Waals surface area contributed by atoms with E-state index in [1.807, 2.05) is 0 Å². The second-order valence-corrected chi connectivity index (χ2v) is 4.09. The van der Waals surface area contributed by atoms with Gasteiger partial charge in [-0.3, -0.25) is 0 Å². The number of halogens is 1. The first-order valence-electron chi connectivity index (χ1n) is 4.02. The van der Waals surface area contributed by atoms with Gasteiger partial charge >= 0.3 is 10.5 Å². The largest absolute Gasteiger partial charge is 0.488 e. The Labute approximate surface area is 93.1 Å². The van der Waals surface area contributed by atoms with E-state index in [1.165, 1.54) is 12.1 Å². The van der Waals surface area contributed by atoms with Gasteiger partial charge in [0.15, 0.2) is 0 Å². The van der Waals surface area contributed by atoms with Crippen molar-refractivity contribution < 1.29 is 16.5 Å². The van der Waals surface area contributed by atoms with E-state index >= 15 is 0 Å². The minimum atomic E-state index is -4.99. The van der Waals surface area contributed by atoms with Crippen LogP contribution in [0.1, 0.15) is 11.1 Å². The number of hydrogen-bond acceptors (Lipinski definition) is 5. The Balaban J connectivity index is 3.07. The molecule has 0 saturated heterocycles. The molecule has 0 unspecified atom stereocenters. The topological polar surface area (TPSA) is 69.4 Å². The van der Waals surface area contributed by atoms with E-state index in [9.17, 15) is 12.3 Å². The van der Waals surface area contributed by atoms with Crippen molar-refractivity contribution in [2.24, 2.45) is 5.73 Å². The van der Waals surface area contributed by atoms with Crippen molar-refractivity contribution in [1.29, 1.82) is 0 Å². The Morgan fingerprint density at radius 3 is 2.40 bits per heavy atom. The summed E-state index contributed by atoms with van der Waals surface area (Å²) in [5.41, 5.74) is 6.74. The van der Waals surface area contributed by atoms with Gasteiger partial charge in [-0.1, -0.05) is 9.95 Å². The summed E-state index contributed by atoms with van der Waals surface area (Å²) >= 11 is 4.02. The summed E-state index contributed by atoms with van der Waals surface area (Å²) in [4.78, 5) is 0. The Hall–Kier alpha value is -0.790. The van der Waals surface area contributed by atoms with Crippen molar-refractivity contribution in [3.8, 4) is 5.75 Å². The van der Waals surface area contributed by atoms with E-state index in [2.05, 4.69) is 16.8 Å². The van der Waals surface area contributed by atoms with E-state index in [0.717, 1.165) is 0 Å². The van der Waals surface area contributed by atoms with Crippen LogP contribution >= 0.6 is 12.6 Å². The van der Waals surface area contributed by atoms with Gasteiger partial charge in [-0.05, 0) is 23.3 Å². The van der Waals surface area contributed by atoms with E-state index in [4.69, 9.17) is 5.73 Å². The maximum Gasteiger partial charge on any atom is 0.488 e. The number of nitrogens with two attached hydrogens (primary N) is 1. The number of hydrogen-bond donors (Lipinski definition) is 2. The van der Waals surface area contributed by atoms with E-state index < -0.39 is 10.5 Å². The molecule has 2 N–H and O–H groups in total. The highest BCUT2D eigenvalue weighted by molar-refractivity contribution is 7.81. The highest BCUT2D eigenvalue weighted by Gasteiger charge is 2.10. The van der Waals surface area contributed by atoms with Gasteiger partial charge in [-0.25, -0.2) is 0 Å². The zero-order valence-corrected chi connectivity index (χ0v) is 9.39. The van der Waals surface area contributed by atoms with Gasteiger partial charge in [0, 0.05) is 12.3 Å². The lowest BCUT2D eigenvalue weighted by Crippen LogP contribution is -2.03. The second kappa shape index (κ2) is 4.82. The van der Waals surface area contributed by atoms with Crippen molar-refractivity contribution in [2.75, 3.05) is 0 Å². The highest BCUT2D eigenvalue weighted by atomic mass is 32.3. The first kappa shape index (κ1) is 12.3. The number of benzene rings is 1. The van der Waals surface area contributed by atoms with Crippen LogP contribution in [0.2, 0.25) is 0 Å². The van der Waals surface area contributed by atoms with Crippen LogP contribution in [-0.4, -0.2) is 8.42 Å². The third-order valence-corrected chi connectivity index (χ3v) is 2.40. The lowest BCUT2D eigenvalue weighted by Gasteiger charge is -2.05. The quantitative estimate of drug-likeness (QED) is 0.622. The highest BCUT2D eigenvalue weighted by Crippen LogP contribution is 2.20. The molecule has 0 fully saturated rings. The summed E-state index contributed by atoms with van der Waals surface area (Å²) < 4.78 is 36.9. The van der Waals surface area contributed by atoms with Crippen molar-refractivity contribution in [1.82, 2.24) is 0 Å². The molecule has 0 aliphatic rings. The Morgan fingerprint density at radius 2 is 1.93 bits per heavy atom. The molecular formula is C8H10FNO3S2. The fraction of sp³-hybridized carbons (Fsp3) is 0.250. The molecule has 0 amide bonds. The predicted molar refractivity (Wildman–Crippen MR) is 57.7 cm³/mol. The molecule has 7 heteroatoms. The van der Waals surface area contributed by atoms with E-state index in [-0.39, 0.29) is 12.3 Å². The Morgan fingerprint density at radius 1 is 1.33 bits per heavy atom. The summed E-state index contributed by atoms with van der Waals surface area (Å²) in [6, 6.07) is 4.50. The van der Waals surface area contributed by atoms with Crippen LogP contribution in [0, 0.1) is 0 Å². The van der Waals surface area contributed by atoms with E-state index in [0.29, 0.717) is 16.9 Å². The molecule has 15 heavy (non-hydrogen) atoms. The van der Waals surface area contributed by atoms with Crippen LogP contribution in [0.3, 0.4) is 0 Å². The van der Waals surface area contributed by atoms with Gasteiger partial charge in [-0.2, -0.15) is 21.0 Å². The first-order valence-corrected chi connectivity index (χ1v) is 5.96. The van der Waals surface area contributed by atoms with Crippen molar-refractivity contribution in [3.05, 3.63) is 29.3 Å². The van der Waals surface area contributed by atoms with Gasteiger partial charge in [0.25, 0.3) is 0 Å². The fourth-order valence-electron chi connectivity index (χ4n) is 1.10. The monoisotopic (exact) mass is 251 g/mol. The molecule has 0 radical (unpaired) electrons. The molecule has 1 rings (SSSR count). The minimum Gasteiger partial charge on any atom is -0.358 e. The second-order valence-electron chi connectivity index (χ2n) is 2.82. The molecule has 0 saturated carbocycles. The molecule has 0 aromatic heterocycles. The maximum absolute atomic E-state index is 12.2. The SMILES string of the molecule is NCc1cc(CS)cc(OS(=O)(=O)F)c1. The van der Waals surface area contributed by atoms with Crippen LogP contribution in [0.15, 0.2) is 18.2 Å². The number of thiol groups is 1. The molecule has 0 bridgehead atoms. The molecule has 0 aliphatic carbocycles. The standard InChI is InChI=1S/C8H10FNO3S2/c9-15(11,12)13-8-2-6(4-10)1-7(3-8)5-14/h1-3,14H,4-5,10H2. The van der Waals surface area contributed by atoms with Gasteiger partial charge in [0.05, 0.1) is 0 Å². The van der Waals surface area contributed by atoms with Crippen molar-refractivity contribution in [3.63, 3.8) is 0 Å². The minimum absolute atomic E-state index is 0.0931. The van der Waals surface area contributed by atoms with Crippen LogP contribution in [0.5, 0.6) is 5.75 Å². The van der Waals surface area contributed by atoms with Gasteiger partial charge in [0.1, 0.15) is 5.75 Å². The fourth-order valence-corrected chi connectivity index (χ4v) is 1.61. The zero-order valence-electron chi connectivity index (χ0n) is 7.68. The summed E-state index contributed by atoms with van der Waals surface area (Å²) in [7, 11) is -4.99. The van der Waals surface area contributed by atoms with Crippen LogP contribution in [0.4, 0.5) is 3.89 Å². The van der Waals surface area contributed by atoms with Crippen LogP contribution in [0.25, 0.3) is 0 Å². The molecule has 1 aromatic rings. The third-order valence-electron chi connectivity index (χ3n) is 1.64. The van der Waals surface area contributed by atoms with Gasteiger partial charge in [0.2, 0.25) is 0 Å². The smallest absolute Gasteiger partial charge is 0.358 e. The van der Waals surface area contributed by atoms with Crippen LogP contribution < -0.4 is 9.92 Å². The molecule has 1 aromatic carbocycles. The normalized spacial score (nSPS) is 11.4. The summed E-state index contributed by atoms with van der Waals surface area (Å²) in [6.07, 6.45) is 0. The molecule has 84 valence electrons. The molecule has 0 aliphatic heterocycles. The average molecular weight is 251 g/mol. The Bertz CT molecular complexity index is 425. The van der Waals surface area contributed by atoms with Gasteiger partial charge < -0.3 is 9.92 Å². The average Bonchev–Trinajstić information content (AvgIpc) is 2.14. The van der Waals surface area contributed by atoms with Gasteiger partial charge in [-0.15, -0.1) is 0 Å². The van der Waals surface area contributed by atoms with Crippen LogP contribution in [-0.2, 0) is 22.8 Å². The van der Waals surface area contributed by atoms with E-state index in [1.54, 1.807) is 6.07 Å². The summed E-state index contributed by atoms with van der Waals surface area (Å²) in [6.45, 7) is 0.213. The lowest BCUT2D eigenvalue weighted by molar-refractivity contribution is 0.440. The Kier molecular flexibility index (Phi) is 3.95. The molecule has 4 nitrogen and oxygen atoms in total. The molecule has 0 atom stereocenters. The van der Waals surface area contributed by atoms with Crippen molar-refractivity contribution in [2.45, 2.75) is 12.3 Å². The molecule has 0 spiro atoms.